The topological polar surface area (TPSA) is 97.5 Å². The number of piperidine rings is 1. The number of likely N-dealkylation sites (tertiary alicyclic amines) is 1. The molecule has 1 aliphatic rings. The number of hydrogen-bond donors (Lipinski definition) is 2. The van der Waals surface area contributed by atoms with E-state index in [-0.39, 0.29) is 5.91 Å². The fourth-order valence-electron chi connectivity index (χ4n) is 3.16. The van der Waals surface area contributed by atoms with Gasteiger partial charge in [-0.25, -0.2) is 4.98 Å². The van der Waals surface area contributed by atoms with E-state index in [0.717, 1.165) is 25.9 Å². The van der Waals surface area contributed by atoms with Crippen molar-refractivity contribution in [1.82, 2.24) is 9.88 Å². The number of furan rings is 1. The van der Waals surface area contributed by atoms with Crippen LogP contribution in [0, 0.1) is 0 Å². The predicted molar refractivity (Wildman–Crippen MR) is 95.0 cm³/mol. The van der Waals surface area contributed by atoms with Crippen LogP contribution < -0.4 is 11.1 Å². The maximum absolute atomic E-state index is 12.3. The van der Waals surface area contributed by atoms with Crippen molar-refractivity contribution in [2.24, 2.45) is 0 Å². The molecule has 0 bridgehead atoms. The Morgan fingerprint density at radius 1 is 1.28 bits per heavy atom. The zero-order chi connectivity index (χ0) is 17.2. The monoisotopic (exact) mass is 340 g/mol. The average Bonchev–Trinajstić information content (AvgIpc) is 3.24. The van der Waals surface area contributed by atoms with Gasteiger partial charge in [0.1, 0.15) is 5.52 Å². The molecule has 3 heterocycles. The number of rotatable bonds is 4. The summed E-state index contributed by atoms with van der Waals surface area (Å²) in [6.07, 6.45) is 5.11. The highest BCUT2D eigenvalue weighted by Crippen LogP contribution is 2.30. The van der Waals surface area contributed by atoms with E-state index < -0.39 is 0 Å². The first-order valence-electron chi connectivity index (χ1n) is 8.45. The number of nitrogens with two attached hydrogens (primary N) is 1. The summed E-state index contributed by atoms with van der Waals surface area (Å²) in [5.74, 6) is 0.852. The van der Waals surface area contributed by atoms with Crippen LogP contribution in [-0.2, 0) is 4.79 Å². The second kappa shape index (κ2) is 6.60. The van der Waals surface area contributed by atoms with Gasteiger partial charge in [-0.15, -0.1) is 0 Å². The van der Waals surface area contributed by atoms with Crippen molar-refractivity contribution >= 4 is 28.4 Å². The molecule has 0 unspecified atom stereocenters. The number of fused-ring (bicyclic) bond motifs is 1. The first kappa shape index (κ1) is 15.7. The summed E-state index contributed by atoms with van der Waals surface area (Å²) < 4.78 is 11.0. The third-order valence-electron chi connectivity index (χ3n) is 4.35. The Labute approximate surface area is 144 Å². The van der Waals surface area contributed by atoms with Gasteiger partial charge in [0.15, 0.2) is 11.3 Å². The van der Waals surface area contributed by atoms with E-state index in [1.54, 1.807) is 30.5 Å². The first-order chi connectivity index (χ1) is 12.2. The minimum atomic E-state index is -0.0459. The lowest BCUT2D eigenvalue weighted by molar-refractivity contribution is -0.117. The van der Waals surface area contributed by atoms with Crippen LogP contribution in [0.4, 0.5) is 11.4 Å². The van der Waals surface area contributed by atoms with Crippen molar-refractivity contribution < 1.29 is 13.6 Å². The third kappa shape index (κ3) is 3.36. The predicted octanol–water partition coefficient (Wildman–Crippen LogP) is 3.09. The number of anilines is 2. The van der Waals surface area contributed by atoms with Crippen molar-refractivity contribution in [1.29, 1.82) is 0 Å². The second-order valence-electron chi connectivity index (χ2n) is 6.30. The average molecular weight is 340 g/mol. The molecule has 7 heteroatoms. The molecule has 1 aromatic carbocycles. The molecule has 2 aromatic heterocycles. The maximum atomic E-state index is 12.3. The molecule has 1 amide bonds. The molecular formula is C18H20N4O3. The van der Waals surface area contributed by atoms with E-state index in [1.165, 1.54) is 6.42 Å². The summed E-state index contributed by atoms with van der Waals surface area (Å²) in [7, 11) is 0. The Balaban J connectivity index is 1.52. The van der Waals surface area contributed by atoms with E-state index in [4.69, 9.17) is 14.6 Å². The number of benzene rings is 1. The number of carbonyl (C=O) groups is 1. The van der Waals surface area contributed by atoms with Gasteiger partial charge in [-0.3, -0.25) is 9.69 Å². The van der Waals surface area contributed by atoms with Gasteiger partial charge in [0.2, 0.25) is 5.91 Å². The van der Waals surface area contributed by atoms with Gasteiger partial charge >= 0.3 is 0 Å². The number of hydrogen-bond acceptors (Lipinski definition) is 6. The smallest absolute Gasteiger partial charge is 0.264 e. The van der Waals surface area contributed by atoms with Crippen LogP contribution in [-0.4, -0.2) is 35.4 Å². The molecule has 1 saturated heterocycles. The number of oxazole rings is 1. The molecule has 3 aromatic rings. The molecule has 4 rings (SSSR count). The summed E-state index contributed by atoms with van der Waals surface area (Å²) in [6, 6.07) is 6.98. The van der Waals surface area contributed by atoms with Crippen LogP contribution in [0.3, 0.4) is 0 Å². The van der Waals surface area contributed by atoms with Gasteiger partial charge in [-0.05, 0) is 50.2 Å². The van der Waals surface area contributed by atoms with Gasteiger partial charge in [-0.1, -0.05) is 6.42 Å². The highest BCUT2D eigenvalue weighted by molar-refractivity contribution is 5.97. The van der Waals surface area contributed by atoms with Crippen molar-refractivity contribution in [3.05, 3.63) is 30.5 Å². The Bertz CT molecular complexity index is 879. The van der Waals surface area contributed by atoms with Crippen molar-refractivity contribution in [3.8, 4) is 11.7 Å². The van der Waals surface area contributed by atoms with Crippen LogP contribution >= 0.6 is 0 Å². The summed E-state index contributed by atoms with van der Waals surface area (Å²) in [5, 5.41) is 2.90. The minimum Gasteiger partial charge on any atom is -0.459 e. The highest BCUT2D eigenvalue weighted by Gasteiger charge is 2.16. The van der Waals surface area contributed by atoms with Crippen LogP contribution in [0.1, 0.15) is 19.3 Å². The van der Waals surface area contributed by atoms with E-state index in [9.17, 15) is 4.79 Å². The number of nitrogen functional groups attached to an aromatic ring is 1. The molecule has 0 spiro atoms. The summed E-state index contributed by atoms with van der Waals surface area (Å²) in [5.41, 5.74) is 8.17. The standard InChI is InChI=1S/C18H20N4O3/c19-13-9-12(20-16(23)11-22-6-2-1-3-7-22)10-14-17(13)25-18(21-14)15-5-4-8-24-15/h4-5,8-10H,1-3,6-7,11,19H2,(H,20,23). The molecular weight excluding hydrogens is 320 g/mol. The van der Waals surface area contributed by atoms with Crippen molar-refractivity contribution in [3.63, 3.8) is 0 Å². The van der Waals surface area contributed by atoms with Crippen LogP contribution in [0.2, 0.25) is 0 Å². The van der Waals surface area contributed by atoms with Gasteiger partial charge in [-0.2, -0.15) is 0 Å². The molecule has 0 radical (unpaired) electrons. The lowest BCUT2D eigenvalue weighted by atomic mass is 10.1. The van der Waals surface area contributed by atoms with E-state index in [2.05, 4.69) is 15.2 Å². The number of nitrogens with one attached hydrogen (secondary N) is 1. The Morgan fingerprint density at radius 3 is 2.88 bits per heavy atom. The summed E-state index contributed by atoms with van der Waals surface area (Å²) in [4.78, 5) is 18.8. The lowest BCUT2D eigenvalue weighted by Gasteiger charge is -2.25. The van der Waals surface area contributed by atoms with Crippen LogP contribution in [0.5, 0.6) is 0 Å². The minimum absolute atomic E-state index is 0.0459. The summed E-state index contributed by atoms with van der Waals surface area (Å²) >= 11 is 0. The zero-order valence-corrected chi connectivity index (χ0v) is 13.8. The Kier molecular flexibility index (Phi) is 4.15. The Morgan fingerprint density at radius 2 is 2.12 bits per heavy atom. The molecule has 7 nitrogen and oxygen atoms in total. The zero-order valence-electron chi connectivity index (χ0n) is 13.8. The van der Waals surface area contributed by atoms with E-state index >= 15 is 0 Å². The van der Waals surface area contributed by atoms with Crippen LogP contribution in [0.15, 0.2) is 39.4 Å². The van der Waals surface area contributed by atoms with Crippen molar-refractivity contribution in [2.75, 3.05) is 30.7 Å². The van der Waals surface area contributed by atoms with Gasteiger partial charge in [0.05, 0.1) is 18.5 Å². The first-order valence-corrected chi connectivity index (χ1v) is 8.45. The van der Waals surface area contributed by atoms with Gasteiger partial charge in [0.25, 0.3) is 5.89 Å². The third-order valence-corrected chi connectivity index (χ3v) is 4.35. The number of nitrogens with zero attached hydrogens (tertiary/aromatic N) is 2. The molecule has 3 N–H and O–H groups in total. The SMILES string of the molecule is Nc1cc(NC(=O)CN2CCCCC2)cc2nc(-c3ccco3)oc12. The quantitative estimate of drug-likeness (QED) is 0.708. The number of carbonyl (C=O) groups excluding carboxylic acids is 1. The molecule has 0 atom stereocenters. The van der Waals surface area contributed by atoms with E-state index in [1.807, 2.05) is 0 Å². The normalized spacial score (nSPS) is 15.5. The highest BCUT2D eigenvalue weighted by atomic mass is 16.4. The largest absolute Gasteiger partial charge is 0.459 e. The molecule has 130 valence electrons. The Hall–Kier alpha value is -2.80. The van der Waals surface area contributed by atoms with Gasteiger partial charge < -0.3 is 19.9 Å². The molecule has 0 saturated carbocycles. The van der Waals surface area contributed by atoms with Crippen LogP contribution in [0.25, 0.3) is 22.8 Å². The molecule has 0 aliphatic carbocycles. The maximum Gasteiger partial charge on any atom is 0.264 e. The number of aromatic nitrogens is 1. The fourth-order valence-corrected chi connectivity index (χ4v) is 3.16. The fraction of sp³-hybridized carbons (Fsp3) is 0.333. The second-order valence-corrected chi connectivity index (χ2v) is 6.30. The van der Waals surface area contributed by atoms with Gasteiger partial charge in [0, 0.05) is 5.69 Å². The number of amides is 1. The van der Waals surface area contributed by atoms with E-state index in [0.29, 0.717) is 40.7 Å². The summed E-state index contributed by atoms with van der Waals surface area (Å²) in [6.45, 7) is 2.35. The molecule has 1 fully saturated rings. The van der Waals surface area contributed by atoms with Crippen molar-refractivity contribution in [2.45, 2.75) is 19.3 Å². The molecule has 25 heavy (non-hydrogen) atoms. The molecule has 1 aliphatic heterocycles. The lowest BCUT2D eigenvalue weighted by Crippen LogP contribution is -2.36.